The summed E-state index contributed by atoms with van der Waals surface area (Å²) in [4.78, 5) is 8.46. The zero-order chi connectivity index (χ0) is 20.2. The summed E-state index contributed by atoms with van der Waals surface area (Å²) >= 11 is 2.32. The smallest absolute Gasteiger partial charge is 0.141 e. The van der Waals surface area contributed by atoms with Crippen molar-refractivity contribution in [3.8, 4) is 11.5 Å². The summed E-state index contributed by atoms with van der Waals surface area (Å²) in [5.74, 6) is 2.37. The summed E-state index contributed by atoms with van der Waals surface area (Å²) in [6.07, 6.45) is 2.45. The number of halogens is 1. The van der Waals surface area contributed by atoms with E-state index >= 15 is 0 Å². The molecule has 148 valence electrons. The molecule has 0 spiro atoms. The Morgan fingerprint density at radius 1 is 1.10 bits per heavy atom. The average Bonchev–Trinajstić information content (AvgIpc) is 3.14. The molecule has 0 saturated carbocycles. The lowest BCUT2D eigenvalue weighted by atomic mass is 10.0. The Hall–Kier alpha value is -2.72. The van der Waals surface area contributed by atoms with Crippen LogP contribution in [-0.2, 0) is 0 Å². The molecule has 2 aromatic carbocycles. The Bertz CT molecular complexity index is 996. The van der Waals surface area contributed by atoms with Crippen LogP contribution in [0, 0.1) is 5.41 Å². The monoisotopic (exact) mass is 500 g/mol. The van der Waals surface area contributed by atoms with Gasteiger partial charge in [-0.05, 0) is 42.8 Å². The van der Waals surface area contributed by atoms with E-state index in [2.05, 4.69) is 41.3 Å². The van der Waals surface area contributed by atoms with E-state index in [1.807, 2.05) is 54.6 Å². The van der Waals surface area contributed by atoms with Crippen molar-refractivity contribution >= 4 is 40.2 Å². The van der Waals surface area contributed by atoms with Crippen molar-refractivity contribution in [1.29, 1.82) is 5.41 Å². The van der Waals surface area contributed by atoms with E-state index < -0.39 is 0 Å². The second-order valence-corrected chi connectivity index (χ2v) is 8.16. The Morgan fingerprint density at radius 3 is 2.52 bits per heavy atom. The molecule has 4 rings (SSSR count). The minimum absolute atomic E-state index is 0.273. The zero-order valence-corrected chi connectivity index (χ0v) is 17.8. The largest absolute Gasteiger partial charge is 0.457 e. The van der Waals surface area contributed by atoms with E-state index in [9.17, 15) is 0 Å². The lowest BCUT2D eigenvalue weighted by molar-refractivity contribution is 0.482. The number of nitrogen functional groups attached to an aromatic ring is 1. The van der Waals surface area contributed by atoms with Gasteiger partial charge in [0.25, 0.3) is 0 Å². The topological polar surface area (TPSA) is 100 Å². The highest BCUT2D eigenvalue weighted by molar-refractivity contribution is 14.1. The van der Waals surface area contributed by atoms with Gasteiger partial charge in [-0.25, -0.2) is 13.1 Å². The molecule has 1 aliphatic rings. The number of nitrogens with two attached hydrogens (primary N) is 1. The third kappa shape index (κ3) is 4.65. The van der Waals surface area contributed by atoms with Crippen LogP contribution < -0.4 is 15.8 Å². The highest BCUT2D eigenvalue weighted by Crippen LogP contribution is 2.26. The average molecular weight is 500 g/mol. The summed E-state index contributed by atoms with van der Waals surface area (Å²) in [7, 11) is 0. The molecule has 29 heavy (non-hydrogen) atoms. The second kappa shape index (κ2) is 8.75. The molecule has 1 fully saturated rings. The summed E-state index contributed by atoms with van der Waals surface area (Å²) in [6.45, 7) is 1.94. The van der Waals surface area contributed by atoms with Crippen molar-refractivity contribution < 1.29 is 4.74 Å². The normalized spacial score (nSPS) is 16.5. The van der Waals surface area contributed by atoms with Gasteiger partial charge < -0.3 is 15.8 Å². The number of nitrogens with zero attached hydrogens (tertiary/aromatic N) is 3. The Balaban J connectivity index is 1.54. The van der Waals surface area contributed by atoms with Crippen molar-refractivity contribution in [2.24, 2.45) is 0 Å². The van der Waals surface area contributed by atoms with Crippen LogP contribution in [0.5, 0.6) is 11.5 Å². The lowest BCUT2D eigenvalue weighted by Crippen LogP contribution is -2.24. The fourth-order valence-corrected chi connectivity index (χ4v) is 4.00. The predicted molar refractivity (Wildman–Crippen MR) is 123 cm³/mol. The maximum absolute atomic E-state index is 8.71. The molecule has 8 heteroatoms. The van der Waals surface area contributed by atoms with Gasteiger partial charge in [0.1, 0.15) is 29.5 Å². The van der Waals surface area contributed by atoms with Crippen molar-refractivity contribution in [2.45, 2.75) is 12.5 Å². The molecule has 3 aromatic rings. The Kier molecular flexibility index (Phi) is 5.91. The third-order valence-corrected chi connectivity index (χ3v) is 5.60. The molecule has 0 amide bonds. The fraction of sp³-hybridized carbons (Fsp3) is 0.190. The summed E-state index contributed by atoms with van der Waals surface area (Å²) < 4.78 is 8.06. The zero-order valence-electron chi connectivity index (χ0n) is 15.7. The number of aromatic nitrogens is 2. The molecule has 7 nitrogen and oxygen atoms in total. The highest BCUT2D eigenvalue weighted by atomic mass is 127. The number of benzene rings is 2. The maximum atomic E-state index is 8.71. The van der Waals surface area contributed by atoms with Gasteiger partial charge in [-0.1, -0.05) is 18.2 Å². The van der Waals surface area contributed by atoms with Gasteiger partial charge in [-0.2, -0.15) is 0 Å². The number of nitrogens with one attached hydrogen (secondary N) is 2. The fourth-order valence-electron chi connectivity index (χ4n) is 3.24. The Labute approximate surface area is 183 Å². The maximum Gasteiger partial charge on any atom is 0.141 e. The number of hydrogen-bond donors (Lipinski definition) is 3. The standard InChI is InChI=1S/C21H21IN6O/c22-28-11-10-15(12-28)27-21-18(20(24)25-13-26-21)19(23)14-6-8-17(9-7-14)29-16-4-2-1-3-5-16/h1-9,13,15,23H,10-12H2,(H3,24,25,26,27)/t15-/m1/s1. The molecule has 1 aromatic heterocycles. The van der Waals surface area contributed by atoms with Gasteiger partial charge in [0.05, 0.1) is 11.3 Å². The third-order valence-electron chi connectivity index (χ3n) is 4.73. The molecule has 4 N–H and O–H groups in total. The molecule has 1 aliphatic heterocycles. The van der Waals surface area contributed by atoms with Crippen LogP contribution in [0.15, 0.2) is 60.9 Å². The van der Waals surface area contributed by atoms with Crippen LogP contribution in [0.1, 0.15) is 17.5 Å². The first-order valence-electron chi connectivity index (χ1n) is 9.30. The van der Waals surface area contributed by atoms with Gasteiger partial charge in [0.15, 0.2) is 0 Å². The molecule has 1 saturated heterocycles. The minimum atomic E-state index is 0.273. The number of ether oxygens (including phenoxy) is 1. The van der Waals surface area contributed by atoms with Crippen LogP contribution >= 0.6 is 22.9 Å². The van der Waals surface area contributed by atoms with Gasteiger partial charge >= 0.3 is 0 Å². The van der Waals surface area contributed by atoms with Crippen molar-refractivity contribution in [3.63, 3.8) is 0 Å². The first-order valence-corrected chi connectivity index (χ1v) is 10.3. The summed E-state index contributed by atoms with van der Waals surface area (Å²) in [6, 6.07) is 17.2. The number of rotatable bonds is 6. The van der Waals surface area contributed by atoms with Crippen LogP contribution in [0.25, 0.3) is 0 Å². The SMILES string of the molecule is N=C(c1ccc(Oc2ccccc2)cc1)c1c(N)ncnc1N[C@@H]1CCN(I)C1. The van der Waals surface area contributed by atoms with Gasteiger partial charge in [-0.15, -0.1) is 0 Å². The second-order valence-electron chi connectivity index (χ2n) is 6.80. The predicted octanol–water partition coefficient (Wildman–Crippen LogP) is 4.10. The van der Waals surface area contributed by atoms with E-state index in [4.69, 9.17) is 15.9 Å². The number of anilines is 2. The Morgan fingerprint density at radius 2 is 1.83 bits per heavy atom. The molecule has 0 aliphatic carbocycles. The van der Waals surface area contributed by atoms with E-state index in [1.54, 1.807) is 0 Å². The highest BCUT2D eigenvalue weighted by Gasteiger charge is 2.24. The summed E-state index contributed by atoms with van der Waals surface area (Å²) in [5.41, 5.74) is 7.65. The number of para-hydroxylation sites is 1. The molecule has 0 radical (unpaired) electrons. The van der Waals surface area contributed by atoms with Crippen LogP contribution in [-0.4, -0.2) is 37.9 Å². The van der Waals surface area contributed by atoms with Crippen molar-refractivity contribution in [3.05, 3.63) is 72.1 Å². The van der Waals surface area contributed by atoms with Gasteiger partial charge in [-0.3, -0.25) is 5.41 Å². The quantitative estimate of drug-likeness (QED) is 0.268. The first-order chi connectivity index (χ1) is 14.1. The summed E-state index contributed by atoms with van der Waals surface area (Å²) in [5, 5.41) is 12.1. The van der Waals surface area contributed by atoms with Gasteiger partial charge in [0.2, 0.25) is 0 Å². The molecule has 0 unspecified atom stereocenters. The first kappa shape index (κ1) is 19.6. The van der Waals surface area contributed by atoms with Crippen molar-refractivity contribution in [1.82, 2.24) is 13.1 Å². The van der Waals surface area contributed by atoms with Crippen LogP contribution in [0.2, 0.25) is 0 Å². The molecular formula is C21H21IN6O. The van der Waals surface area contributed by atoms with Crippen LogP contribution in [0.4, 0.5) is 11.6 Å². The lowest BCUT2D eigenvalue weighted by Gasteiger charge is -2.17. The number of hydrogen-bond acceptors (Lipinski definition) is 7. The van der Waals surface area contributed by atoms with Gasteiger partial charge in [0, 0.05) is 47.6 Å². The van der Waals surface area contributed by atoms with E-state index in [1.165, 1.54) is 6.33 Å². The van der Waals surface area contributed by atoms with E-state index in [0.717, 1.165) is 30.8 Å². The van der Waals surface area contributed by atoms with E-state index in [-0.39, 0.29) is 11.8 Å². The van der Waals surface area contributed by atoms with E-state index in [0.29, 0.717) is 22.9 Å². The molecule has 2 heterocycles. The van der Waals surface area contributed by atoms with Crippen LogP contribution in [0.3, 0.4) is 0 Å². The minimum Gasteiger partial charge on any atom is -0.457 e. The molecular weight excluding hydrogens is 479 g/mol. The molecule has 0 bridgehead atoms. The molecule has 1 atom stereocenters. The van der Waals surface area contributed by atoms with Crippen molar-refractivity contribution in [2.75, 3.05) is 24.1 Å².